The van der Waals surface area contributed by atoms with E-state index in [2.05, 4.69) is 15.0 Å². The molecule has 170 valence electrons. The van der Waals surface area contributed by atoms with Crippen LogP contribution in [0.1, 0.15) is 27.3 Å². The second-order valence-electron chi connectivity index (χ2n) is 7.79. The SMILES string of the molecule is Cc1cnc(C(=O)Cc2ccc(F)c([C@]34CO[C@H](CF)[C@H]3S(=O)(=O)N(C)C(N)=N4)c2)cn1. The number of ether oxygens (including phenoxy) is 1. The Hall–Kier alpha value is -2.99. The van der Waals surface area contributed by atoms with E-state index in [0.29, 0.717) is 11.3 Å². The quantitative estimate of drug-likeness (QED) is 0.649. The maximum Gasteiger partial charge on any atom is 0.245 e. The predicted molar refractivity (Wildman–Crippen MR) is 111 cm³/mol. The van der Waals surface area contributed by atoms with Crippen molar-refractivity contribution < 1.29 is 26.7 Å². The van der Waals surface area contributed by atoms with Gasteiger partial charge in [-0.25, -0.2) is 31.5 Å². The van der Waals surface area contributed by atoms with Crippen LogP contribution in [0.15, 0.2) is 35.6 Å². The molecule has 0 amide bonds. The van der Waals surface area contributed by atoms with Gasteiger partial charge in [-0.3, -0.25) is 9.78 Å². The van der Waals surface area contributed by atoms with Crippen molar-refractivity contribution in [3.05, 3.63) is 58.9 Å². The van der Waals surface area contributed by atoms with E-state index in [9.17, 15) is 17.6 Å². The molecule has 1 fully saturated rings. The van der Waals surface area contributed by atoms with Gasteiger partial charge in [0.15, 0.2) is 5.78 Å². The summed E-state index contributed by atoms with van der Waals surface area (Å²) in [5.41, 5.74) is 5.12. The summed E-state index contributed by atoms with van der Waals surface area (Å²) in [4.78, 5) is 25.0. The topological polar surface area (TPSA) is 128 Å². The summed E-state index contributed by atoms with van der Waals surface area (Å²) < 4.78 is 61.0. The van der Waals surface area contributed by atoms with E-state index in [4.69, 9.17) is 10.5 Å². The highest BCUT2D eigenvalue weighted by atomic mass is 32.2. The van der Waals surface area contributed by atoms with Gasteiger partial charge in [0.2, 0.25) is 16.0 Å². The van der Waals surface area contributed by atoms with E-state index in [1.165, 1.54) is 31.6 Å². The fourth-order valence-electron chi connectivity index (χ4n) is 4.06. The molecule has 1 aromatic heterocycles. The summed E-state index contributed by atoms with van der Waals surface area (Å²) in [6.45, 7) is 0.262. The van der Waals surface area contributed by atoms with Gasteiger partial charge in [0.25, 0.3) is 0 Å². The van der Waals surface area contributed by atoms with Crippen LogP contribution in [0.5, 0.6) is 0 Å². The number of nitrogens with zero attached hydrogens (tertiary/aromatic N) is 4. The Balaban J connectivity index is 1.78. The van der Waals surface area contributed by atoms with Gasteiger partial charge < -0.3 is 10.5 Å². The van der Waals surface area contributed by atoms with Crippen molar-refractivity contribution >= 4 is 21.8 Å². The third-order valence-electron chi connectivity index (χ3n) is 5.75. The van der Waals surface area contributed by atoms with Gasteiger partial charge in [-0.15, -0.1) is 0 Å². The van der Waals surface area contributed by atoms with Crippen LogP contribution in [0.4, 0.5) is 8.78 Å². The van der Waals surface area contributed by atoms with Crippen molar-refractivity contribution in [3.8, 4) is 0 Å². The molecule has 0 radical (unpaired) electrons. The number of alkyl halides is 1. The first-order chi connectivity index (χ1) is 15.1. The van der Waals surface area contributed by atoms with Crippen molar-refractivity contribution in [3.63, 3.8) is 0 Å². The molecule has 3 heterocycles. The second-order valence-corrected chi connectivity index (χ2v) is 9.87. The molecule has 2 N–H and O–H groups in total. The summed E-state index contributed by atoms with van der Waals surface area (Å²) in [6, 6.07) is 3.87. The highest BCUT2D eigenvalue weighted by Gasteiger charge is 2.62. The Morgan fingerprint density at radius 2 is 2.09 bits per heavy atom. The molecular weight excluding hydrogens is 444 g/mol. The number of aliphatic imine (C=N–C) groups is 1. The average molecular weight is 465 g/mol. The first-order valence-corrected chi connectivity index (χ1v) is 11.2. The number of benzene rings is 1. The number of carbonyl (C=O) groups excluding carboxylic acids is 1. The van der Waals surface area contributed by atoms with Crippen LogP contribution in [0.2, 0.25) is 0 Å². The minimum absolute atomic E-state index is 0.127. The molecule has 2 aromatic rings. The van der Waals surface area contributed by atoms with E-state index in [0.717, 1.165) is 10.4 Å². The molecule has 0 spiro atoms. The van der Waals surface area contributed by atoms with Crippen LogP contribution in [-0.2, 0) is 26.7 Å². The highest BCUT2D eigenvalue weighted by molar-refractivity contribution is 7.90. The Labute approximate surface area is 183 Å². The molecule has 2 aliphatic rings. The summed E-state index contributed by atoms with van der Waals surface area (Å²) in [6.07, 6.45) is 1.33. The number of guanidine groups is 1. The zero-order valence-electron chi connectivity index (χ0n) is 17.3. The molecule has 4 rings (SSSR count). The summed E-state index contributed by atoms with van der Waals surface area (Å²) >= 11 is 0. The third-order valence-corrected chi connectivity index (χ3v) is 8.03. The van der Waals surface area contributed by atoms with Gasteiger partial charge >= 0.3 is 0 Å². The van der Waals surface area contributed by atoms with Crippen molar-refractivity contribution in [1.29, 1.82) is 0 Å². The number of carbonyl (C=O) groups is 1. The monoisotopic (exact) mass is 465 g/mol. The fourth-order valence-corrected chi connectivity index (χ4v) is 5.98. The maximum absolute atomic E-state index is 15.0. The van der Waals surface area contributed by atoms with E-state index in [-0.39, 0.29) is 36.0 Å². The van der Waals surface area contributed by atoms with Crippen LogP contribution in [0.3, 0.4) is 0 Å². The van der Waals surface area contributed by atoms with Gasteiger partial charge in [0.1, 0.15) is 35.1 Å². The number of aryl methyl sites for hydroxylation is 1. The Morgan fingerprint density at radius 3 is 2.75 bits per heavy atom. The normalized spacial score (nSPS) is 26.5. The van der Waals surface area contributed by atoms with Gasteiger partial charge in [-0.05, 0) is 24.6 Å². The lowest BCUT2D eigenvalue weighted by molar-refractivity contribution is 0.0847. The number of ketones is 1. The van der Waals surface area contributed by atoms with Crippen LogP contribution in [-0.4, -0.2) is 66.1 Å². The van der Waals surface area contributed by atoms with Gasteiger partial charge in [-0.1, -0.05) is 6.07 Å². The van der Waals surface area contributed by atoms with E-state index < -0.39 is 39.4 Å². The summed E-state index contributed by atoms with van der Waals surface area (Å²) in [5, 5.41) is -1.51. The Morgan fingerprint density at radius 1 is 1.34 bits per heavy atom. The van der Waals surface area contributed by atoms with Crippen molar-refractivity contribution in [2.24, 2.45) is 10.7 Å². The summed E-state index contributed by atoms with van der Waals surface area (Å²) in [5.74, 6) is -1.48. The molecule has 3 atom stereocenters. The third kappa shape index (κ3) is 3.43. The van der Waals surface area contributed by atoms with Crippen LogP contribution in [0.25, 0.3) is 0 Å². The first kappa shape index (κ1) is 22.2. The molecule has 1 saturated heterocycles. The smallest absolute Gasteiger partial charge is 0.245 e. The van der Waals surface area contributed by atoms with E-state index in [1.54, 1.807) is 6.92 Å². The largest absolute Gasteiger partial charge is 0.371 e. The lowest BCUT2D eigenvalue weighted by atomic mass is 9.85. The van der Waals surface area contributed by atoms with Crippen LogP contribution >= 0.6 is 0 Å². The average Bonchev–Trinajstić information content (AvgIpc) is 3.14. The fraction of sp³-hybridized carbons (Fsp3) is 0.400. The number of Topliss-reactive ketones (excluding diaryl/α,β-unsaturated/α-hetero) is 1. The van der Waals surface area contributed by atoms with Crippen LogP contribution < -0.4 is 5.73 Å². The number of sulfonamides is 1. The standard InChI is InChI=1S/C20H21F2N5O4S/c1-11-8-25-15(9-24-11)16(28)6-12-3-4-14(22)13(5-12)20-10-31-17(7-21)18(20)32(29,30)27(2)19(23)26-20/h3-5,8-9,17-18H,6-7,10H2,1-2H3,(H2,23,26)/t17-,18-,20-/m1/s1. The van der Waals surface area contributed by atoms with Gasteiger partial charge in [0, 0.05) is 25.2 Å². The number of hydrogen-bond donors (Lipinski definition) is 1. The van der Waals surface area contributed by atoms with Crippen molar-refractivity contribution in [1.82, 2.24) is 14.3 Å². The number of aromatic nitrogens is 2. The lowest BCUT2D eigenvalue weighted by Gasteiger charge is -2.39. The van der Waals surface area contributed by atoms with Gasteiger partial charge in [-0.2, -0.15) is 0 Å². The maximum atomic E-state index is 15.0. The molecular formula is C20H21F2N5O4S. The molecule has 0 unspecified atom stereocenters. The minimum atomic E-state index is -4.20. The lowest BCUT2D eigenvalue weighted by Crippen LogP contribution is -2.59. The molecule has 2 aliphatic heterocycles. The number of nitrogens with two attached hydrogens (primary N) is 1. The highest BCUT2D eigenvalue weighted by Crippen LogP contribution is 2.46. The zero-order valence-corrected chi connectivity index (χ0v) is 18.1. The number of halogens is 2. The molecule has 9 nitrogen and oxygen atoms in total. The van der Waals surface area contributed by atoms with E-state index >= 15 is 4.39 Å². The Kier molecular flexibility index (Phi) is 5.45. The number of fused-ring (bicyclic) bond motifs is 1. The molecule has 12 heteroatoms. The second kappa shape index (κ2) is 7.85. The molecule has 1 aromatic carbocycles. The number of rotatable bonds is 5. The Bertz CT molecular complexity index is 1200. The summed E-state index contributed by atoms with van der Waals surface area (Å²) in [7, 11) is -3.00. The predicted octanol–water partition coefficient (Wildman–Crippen LogP) is 0.872. The van der Waals surface area contributed by atoms with Gasteiger partial charge in [0.05, 0.1) is 18.5 Å². The number of hydrogen-bond acceptors (Lipinski definition) is 8. The zero-order chi connectivity index (χ0) is 23.3. The molecule has 0 aliphatic carbocycles. The van der Waals surface area contributed by atoms with Crippen LogP contribution in [0, 0.1) is 12.7 Å². The molecule has 0 saturated carbocycles. The van der Waals surface area contributed by atoms with E-state index in [1.807, 2.05) is 0 Å². The minimum Gasteiger partial charge on any atom is -0.371 e. The molecule has 32 heavy (non-hydrogen) atoms. The van der Waals surface area contributed by atoms with Crippen molar-refractivity contribution in [2.75, 3.05) is 20.3 Å². The van der Waals surface area contributed by atoms with Crippen molar-refractivity contribution in [2.45, 2.75) is 30.2 Å². The molecule has 0 bridgehead atoms. The first-order valence-electron chi connectivity index (χ1n) is 9.71.